The van der Waals surface area contributed by atoms with E-state index in [1.165, 1.54) is 17.0 Å². The molecule has 1 N–H and O–H groups in total. The molecule has 1 aliphatic carbocycles. The van der Waals surface area contributed by atoms with E-state index in [0.29, 0.717) is 18.2 Å². The topological polar surface area (TPSA) is 108 Å². The third-order valence-corrected chi connectivity index (χ3v) is 5.22. The van der Waals surface area contributed by atoms with E-state index in [9.17, 15) is 18.5 Å². The fourth-order valence-corrected chi connectivity index (χ4v) is 3.71. The lowest BCUT2D eigenvalue weighted by Crippen LogP contribution is -2.32. The maximum atomic E-state index is 12.6. The van der Waals surface area contributed by atoms with Gasteiger partial charge in [-0.1, -0.05) is 0 Å². The first kappa shape index (κ1) is 17.4. The minimum atomic E-state index is -4.07. The number of nitro groups is 1. The Labute approximate surface area is 145 Å². The highest BCUT2D eigenvalue weighted by Gasteiger charge is 2.33. The number of benzene rings is 1. The van der Waals surface area contributed by atoms with E-state index in [4.69, 9.17) is 0 Å². The van der Waals surface area contributed by atoms with Gasteiger partial charge in [-0.25, -0.2) is 5.01 Å². The second-order valence-corrected chi connectivity index (χ2v) is 7.86. The van der Waals surface area contributed by atoms with Crippen LogP contribution in [-0.4, -0.2) is 56.3 Å². The number of sulfonamides is 1. The van der Waals surface area contributed by atoms with E-state index >= 15 is 0 Å². The lowest BCUT2D eigenvalue weighted by atomic mass is 10.1. The normalized spacial score (nSPS) is 18.2. The van der Waals surface area contributed by atoms with Crippen molar-refractivity contribution >= 4 is 27.6 Å². The largest absolute Gasteiger partial charge is 0.368 e. The number of hydrogen-bond acceptors (Lipinski definition) is 6. The Hall–Kier alpha value is -2.46. The number of nitrogens with one attached hydrogen (secondary N) is 1. The van der Waals surface area contributed by atoms with E-state index in [1.807, 2.05) is 5.01 Å². The molecule has 2 aliphatic rings. The Morgan fingerprint density at radius 2 is 2.12 bits per heavy atom. The van der Waals surface area contributed by atoms with E-state index in [1.54, 1.807) is 20.3 Å². The molecule has 1 aromatic rings. The summed E-state index contributed by atoms with van der Waals surface area (Å²) >= 11 is 0. The van der Waals surface area contributed by atoms with E-state index < -0.39 is 14.9 Å². The van der Waals surface area contributed by atoms with E-state index in [-0.39, 0.29) is 10.6 Å². The molecule has 1 fully saturated rings. The number of non-ortho nitro benzene ring substituents is 1. The number of rotatable bonds is 6. The fraction of sp³-hybridized carbons (Fsp3) is 0.400. The molecule has 1 saturated carbocycles. The average molecular weight is 365 g/mol. The molecule has 1 aromatic carbocycles. The minimum Gasteiger partial charge on any atom is -0.368 e. The quantitative estimate of drug-likeness (QED) is 0.349. The molecule has 0 aromatic heterocycles. The molecule has 10 heteroatoms. The lowest BCUT2D eigenvalue weighted by molar-refractivity contribution is -0.385. The van der Waals surface area contributed by atoms with Gasteiger partial charge in [-0.05, 0) is 24.5 Å². The standard InChI is InChI=1S/C15H19N5O4S/c1-18(2)10-17-25(23,24)15-7-13(20(21)22)5-6-14(15)11-8-16-19(9-11)12-3-4-12/h5-8,10,12,16H,3-4,9H2,1-2H3. The van der Waals surface area contributed by atoms with E-state index in [2.05, 4.69) is 9.82 Å². The van der Waals surface area contributed by atoms with Crippen LogP contribution in [0.25, 0.3) is 5.57 Å². The average Bonchev–Trinajstić information content (AvgIpc) is 3.30. The molecule has 9 nitrogen and oxygen atoms in total. The summed E-state index contributed by atoms with van der Waals surface area (Å²) in [5.74, 6) is 0. The molecule has 0 spiro atoms. The molecule has 0 unspecified atom stereocenters. The summed E-state index contributed by atoms with van der Waals surface area (Å²) in [6.45, 7) is 0.544. The van der Waals surface area contributed by atoms with Crippen molar-refractivity contribution in [3.8, 4) is 0 Å². The lowest BCUT2D eigenvalue weighted by Gasteiger charge is -2.15. The van der Waals surface area contributed by atoms with Gasteiger partial charge >= 0.3 is 0 Å². The van der Waals surface area contributed by atoms with Gasteiger partial charge in [0.15, 0.2) is 0 Å². The van der Waals surface area contributed by atoms with Gasteiger partial charge in [0.25, 0.3) is 15.7 Å². The molecule has 0 atom stereocenters. The van der Waals surface area contributed by atoms with Crippen molar-refractivity contribution in [2.24, 2.45) is 4.40 Å². The van der Waals surface area contributed by atoms with Gasteiger partial charge in [-0.15, -0.1) is 4.40 Å². The molecule has 3 rings (SSSR count). The fourth-order valence-electron chi connectivity index (χ4n) is 2.54. The molecule has 0 amide bonds. The molecule has 0 radical (unpaired) electrons. The maximum Gasteiger partial charge on any atom is 0.284 e. The van der Waals surface area contributed by atoms with Crippen LogP contribution in [0.1, 0.15) is 18.4 Å². The minimum absolute atomic E-state index is 0.162. The summed E-state index contributed by atoms with van der Waals surface area (Å²) in [7, 11) is -0.779. The number of hydrazine groups is 1. The van der Waals surface area contributed by atoms with Crippen molar-refractivity contribution in [2.45, 2.75) is 23.8 Å². The summed E-state index contributed by atoms with van der Waals surface area (Å²) in [5.41, 5.74) is 4.04. The molecule has 0 bridgehead atoms. The van der Waals surface area contributed by atoms with Crippen LogP contribution in [0.3, 0.4) is 0 Å². The van der Waals surface area contributed by atoms with Gasteiger partial charge in [-0.2, -0.15) is 8.42 Å². The Kier molecular flexibility index (Phi) is 4.48. The Bertz CT molecular complexity index is 859. The zero-order valence-electron chi connectivity index (χ0n) is 13.9. The molecule has 1 aliphatic heterocycles. The number of hydrogen-bond donors (Lipinski definition) is 1. The zero-order chi connectivity index (χ0) is 18.2. The maximum absolute atomic E-state index is 12.6. The Morgan fingerprint density at radius 3 is 2.72 bits per heavy atom. The second kappa shape index (κ2) is 6.45. The first-order chi connectivity index (χ1) is 11.8. The van der Waals surface area contributed by atoms with Crippen LogP contribution < -0.4 is 5.43 Å². The van der Waals surface area contributed by atoms with Crippen molar-refractivity contribution in [1.82, 2.24) is 15.3 Å². The Balaban J connectivity index is 2.01. The highest BCUT2D eigenvalue weighted by atomic mass is 32.2. The van der Waals surface area contributed by atoms with Crippen LogP contribution >= 0.6 is 0 Å². The van der Waals surface area contributed by atoms with Crippen LogP contribution in [-0.2, 0) is 10.0 Å². The highest BCUT2D eigenvalue weighted by Crippen LogP contribution is 2.34. The van der Waals surface area contributed by atoms with Crippen LogP contribution in [0, 0.1) is 10.1 Å². The van der Waals surface area contributed by atoms with Crippen molar-refractivity contribution in [3.63, 3.8) is 0 Å². The van der Waals surface area contributed by atoms with Crippen LogP contribution in [0.5, 0.6) is 0 Å². The molecular formula is C15H19N5O4S. The van der Waals surface area contributed by atoms with Crippen molar-refractivity contribution in [1.29, 1.82) is 0 Å². The van der Waals surface area contributed by atoms with E-state index in [0.717, 1.165) is 30.8 Å². The van der Waals surface area contributed by atoms with Gasteiger partial charge in [0.1, 0.15) is 11.2 Å². The van der Waals surface area contributed by atoms with Gasteiger partial charge < -0.3 is 10.3 Å². The summed E-state index contributed by atoms with van der Waals surface area (Å²) in [6.07, 6.45) is 5.11. The Morgan fingerprint density at radius 1 is 1.40 bits per heavy atom. The monoisotopic (exact) mass is 365 g/mol. The van der Waals surface area contributed by atoms with Crippen LogP contribution in [0.15, 0.2) is 33.7 Å². The van der Waals surface area contributed by atoms with Gasteiger partial charge in [0, 0.05) is 50.6 Å². The predicted molar refractivity (Wildman–Crippen MR) is 93.3 cm³/mol. The summed E-state index contributed by atoms with van der Waals surface area (Å²) in [6, 6.07) is 4.31. The van der Waals surface area contributed by atoms with Crippen molar-refractivity contribution in [2.75, 3.05) is 20.6 Å². The second-order valence-electron chi connectivity index (χ2n) is 6.25. The third-order valence-electron chi connectivity index (χ3n) is 3.95. The molecular weight excluding hydrogens is 346 g/mol. The van der Waals surface area contributed by atoms with Gasteiger partial charge in [-0.3, -0.25) is 10.1 Å². The highest BCUT2D eigenvalue weighted by molar-refractivity contribution is 7.90. The first-order valence-electron chi connectivity index (χ1n) is 7.75. The summed E-state index contributed by atoms with van der Waals surface area (Å²) < 4.78 is 28.8. The molecule has 0 saturated heterocycles. The van der Waals surface area contributed by atoms with Gasteiger partial charge in [0.05, 0.1) is 4.92 Å². The predicted octanol–water partition coefficient (Wildman–Crippen LogP) is 1.20. The zero-order valence-corrected chi connectivity index (χ0v) is 14.7. The van der Waals surface area contributed by atoms with Crippen LogP contribution in [0.2, 0.25) is 0 Å². The SMILES string of the molecule is CN(C)C=NS(=O)(=O)c1cc([N+](=O)[O-])ccc1C1=CNN(C2CC2)C1. The molecule has 134 valence electrons. The first-order valence-corrected chi connectivity index (χ1v) is 9.19. The third kappa shape index (κ3) is 3.80. The number of nitro benzene ring substituents is 1. The van der Waals surface area contributed by atoms with Crippen molar-refractivity contribution < 1.29 is 13.3 Å². The number of nitrogens with zero attached hydrogens (tertiary/aromatic N) is 4. The smallest absolute Gasteiger partial charge is 0.284 e. The summed E-state index contributed by atoms with van der Waals surface area (Å²) in [5, 5.41) is 13.1. The van der Waals surface area contributed by atoms with Crippen molar-refractivity contribution in [3.05, 3.63) is 40.1 Å². The summed E-state index contributed by atoms with van der Waals surface area (Å²) in [4.78, 5) is 11.8. The van der Waals surface area contributed by atoms with Gasteiger partial charge in [0.2, 0.25) is 0 Å². The molecule has 25 heavy (non-hydrogen) atoms. The molecule has 1 heterocycles. The van der Waals surface area contributed by atoms with Crippen LogP contribution in [0.4, 0.5) is 5.69 Å².